The molecule has 0 unspecified atom stereocenters. The van der Waals surface area contributed by atoms with Gasteiger partial charge in [-0.15, -0.1) is 0 Å². The summed E-state index contributed by atoms with van der Waals surface area (Å²) in [5.41, 5.74) is 2.95. The van der Waals surface area contributed by atoms with E-state index in [0.29, 0.717) is 18.7 Å². The van der Waals surface area contributed by atoms with Gasteiger partial charge in [-0.05, 0) is 49.2 Å². The standard InChI is InChI=1S/C22H24FN3O2/c1-28-15-22(10-2-3-11-22)14-24-21(27)17-6-9-20-25-19(13-26(20)12-17)16-4-7-18(23)8-5-16/h4-9,12-13H,2-3,10-11,14-15H2,1H3,(H,24,27). The first-order chi connectivity index (χ1) is 13.6. The number of imidazole rings is 1. The number of nitrogens with zero attached hydrogens (tertiary/aromatic N) is 2. The number of rotatable bonds is 6. The third-order valence-corrected chi connectivity index (χ3v) is 5.59. The Kier molecular flexibility index (Phi) is 5.13. The lowest BCUT2D eigenvalue weighted by atomic mass is 9.87. The van der Waals surface area contributed by atoms with Gasteiger partial charge in [0.25, 0.3) is 5.91 Å². The van der Waals surface area contributed by atoms with Gasteiger partial charge in [0.2, 0.25) is 0 Å². The largest absolute Gasteiger partial charge is 0.384 e. The Morgan fingerprint density at radius 1 is 1.18 bits per heavy atom. The van der Waals surface area contributed by atoms with Crippen LogP contribution in [-0.4, -0.2) is 35.6 Å². The van der Waals surface area contributed by atoms with Crippen LogP contribution in [0.1, 0.15) is 36.0 Å². The molecule has 1 amide bonds. The molecule has 1 fully saturated rings. The van der Waals surface area contributed by atoms with E-state index in [4.69, 9.17) is 4.74 Å². The van der Waals surface area contributed by atoms with E-state index >= 15 is 0 Å². The topological polar surface area (TPSA) is 55.6 Å². The van der Waals surface area contributed by atoms with Crippen molar-refractivity contribution >= 4 is 11.6 Å². The van der Waals surface area contributed by atoms with E-state index in [9.17, 15) is 9.18 Å². The highest BCUT2D eigenvalue weighted by Crippen LogP contribution is 2.37. The van der Waals surface area contributed by atoms with Crippen molar-refractivity contribution in [1.29, 1.82) is 0 Å². The number of benzene rings is 1. The first kappa shape index (κ1) is 18.6. The van der Waals surface area contributed by atoms with Gasteiger partial charge in [-0.1, -0.05) is 12.8 Å². The summed E-state index contributed by atoms with van der Waals surface area (Å²) >= 11 is 0. The van der Waals surface area contributed by atoms with E-state index in [1.165, 1.54) is 25.0 Å². The SMILES string of the molecule is COCC1(CNC(=O)c2ccc3nc(-c4ccc(F)cc4)cn3c2)CCCC1. The summed E-state index contributed by atoms with van der Waals surface area (Å²) in [5.74, 6) is -0.374. The summed E-state index contributed by atoms with van der Waals surface area (Å²) in [5, 5.41) is 3.08. The van der Waals surface area contributed by atoms with E-state index in [1.807, 2.05) is 16.7 Å². The molecule has 0 saturated heterocycles. The summed E-state index contributed by atoms with van der Waals surface area (Å²) in [6.45, 7) is 1.30. The van der Waals surface area contributed by atoms with Crippen LogP contribution in [0.2, 0.25) is 0 Å². The average Bonchev–Trinajstić information content (AvgIpc) is 3.34. The molecule has 0 atom stereocenters. The van der Waals surface area contributed by atoms with Crippen LogP contribution < -0.4 is 5.32 Å². The molecule has 4 rings (SSSR count). The van der Waals surface area contributed by atoms with E-state index in [-0.39, 0.29) is 17.1 Å². The maximum atomic E-state index is 13.1. The number of fused-ring (bicyclic) bond motifs is 1. The number of methoxy groups -OCH3 is 1. The first-order valence-electron chi connectivity index (χ1n) is 9.60. The van der Waals surface area contributed by atoms with E-state index < -0.39 is 0 Å². The molecule has 2 heterocycles. The van der Waals surface area contributed by atoms with Gasteiger partial charge < -0.3 is 14.5 Å². The Morgan fingerprint density at radius 2 is 1.93 bits per heavy atom. The fraction of sp³-hybridized carbons (Fsp3) is 0.364. The summed E-state index contributed by atoms with van der Waals surface area (Å²) in [7, 11) is 1.72. The second-order valence-corrected chi connectivity index (χ2v) is 7.64. The van der Waals surface area contributed by atoms with Gasteiger partial charge in [0, 0.05) is 37.0 Å². The van der Waals surface area contributed by atoms with Gasteiger partial charge in [0.15, 0.2) is 0 Å². The molecule has 1 N–H and O–H groups in total. The quantitative estimate of drug-likeness (QED) is 0.700. The highest BCUT2D eigenvalue weighted by molar-refractivity contribution is 5.94. The summed E-state index contributed by atoms with van der Waals surface area (Å²) in [4.78, 5) is 17.2. The van der Waals surface area contributed by atoms with Crippen molar-refractivity contribution < 1.29 is 13.9 Å². The number of ether oxygens (including phenoxy) is 1. The molecule has 0 spiro atoms. The smallest absolute Gasteiger partial charge is 0.252 e. The van der Waals surface area contributed by atoms with E-state index in [0.717, 1.165) is 29.7 Å². The molecule has 3 aromatic rings. The second-order valence-electron chi connectivity index (χ2n) is 7.64. The number of amides is 1. The minimum Gasteiger partial charge on any atom is -0.384 e. The Bertz CT molecular complexity index is 975. The van der Waals surface area contributed by atoms with Crippen LogP contribution in [0, 0.1) is 11.2 Å². The van der Waals surface area contributed by atoms with Crippen LogP contribution >= 0.6 is 0 Å². The summed E-state index contributed by atoms with van der Waals surface area (Å²) < 4.78 is 20.3. The van der Waals surface area contributed by atoms with Crippen molar-refractivity contribution in [2.45, 2.75) is 25.7 Å². The molecular formula is C22H24FN3O2. The minimum absolute atomic E-state index is 0.0548. The molecule has 0 radical (unpaired) electrons. The number of halogens is 1. The Morgan fingerprint density at radius 3 is 2.64 bits per heavy atom. The van der Waals surface area contributed by atoms with E-state index in [1.54, 1.807) is 31.5 Å². The number of aromatic nitrogens is 2. The van der Waals surface area contributed by atoms with Crippen LogP contribution in [0.25, 0.3) is 16.9 Å². The lowest BCUT2D eigenvalue weighted by Gasteiger charge is -2.28. The predicted molar refractivity (Wildman–Crippen MR) is 106 cm³/mol. The zero-order chi connectivity index (χ0) is 19.6. The van der Waals surface area contributed by atoms with E-state index in [2.05, 4.69) is 10.3 Å². The Balaban J connectivity index is 1.50. The van der Waals surface area contributed by atoms with Crippen LogP contribution in [0.5, 0.6) is 0 Å². The molecule has 5 nitrogen and oxygen atoms in total. The molecule has 28 heavy (non-hydrogen) atoms. The van der Waals surface area contributed by atoms with Gasteiger partial charge in [-0.25, -0.2) is 9.37 Å². The van der Waals surface area contributed by atoms with Crippen molar-refractivity contribution in [3.8, 4) is 11.3 Å². The van der Waals surface area contributed by atoms with Crippen molar-refractivity contribution in [2.75, 3.05) is 20.3 Å². The fourth-order valence-corrected chi connectivity index (χ4v) is 4.06. The minimum atomic E-state index is -0.278. The number of nitrogens with one attached hydrogen (secondary N) is 1. The maximum absolute atomic E-state index is 13.1. The molecule has 2 aromatic heterocycles. The molecule has 146 valence electrons. The van der Waals surface area contributed by atoms with Gasteiger partial charge in [-0.3, -0.25) is 4.79 Å². The maximum Gasteiger partial charge on any atom is 0.252 e. The number of carbonyl (C=O) groups is 1. The molecule has 1 aliphatic rings. The molecule has 1 saturated carbocycles. The molecule has 1 aromatic carbocycles. The van der Waals surface area contributed by atoms with Crippen LogP contribution in [-0.2, 0) is 4.74 Å². The summed E-state index contributed by atoms with van der Waals surface area (Å²) in [6, 6.07) is 9.82. The molecule has 0 aliphatic heterocycles. The number of carbonyl (C=O) groups excluding carboxylic acids is 1. The highest BCUT2D eigenvalue weighted by atomic mass is 19.1. The van der Waals surface area contributed by atoms with Gasteiger partial charge in [0.05, 0.1) is 17.9 Å². The van der Waals surface area contributed by atoms with Crippen molar-refractivity contribution in [2.24, 2.45) is 5.41 Å². The van der Waals surface area contributed by atoms with Gasteiger partial charge in [0.1, 0.15) is 11.5 Å². The number of pyridine rings is 1. The summed E-state index contributed by atoms with van der Waals surface area (Å²) in [6.07, 6.45) is 8.18. The molecule has 0 bridgehead atoms. The highest BCUT2D eigenvalue weighted by Gasteiger charge is 2.34. The average molecular weight is 381 g/mol. The lowest BCUT2D eigenvalue weighted by molar-refractivity contribution is 0.0740. The van der Waals surface area contributed by atoms with Gasteiger partial charge >= 0.3 is 0 Å². The number of hydrogen-bond acceptors (Lipinski definition) is 3. The van der Waals surface area contributed by atoms with Crippen molar-refractivity contribution in [1.82, 2.24) is 14.7 Å². The molecule has 6 heteroatoms. The predicted octanol–water partition coefficient (Wildman–Crippen LogP) is 4.08. The Labute approximate surface area is 163 Å². The molecule has 1 aliphatic carbocycles. The first-order valence-corrected chi connectivity index (χ1v) is 9.60. The third-order valence-electron chi connectivity index (χ3n) is 5.59. The fourth-order valence-electron chi connectivity index (χ4n) is 4.06. The second kappa shape index (κ2) is 7.72. The lowest BCUT2D eigenvalue weighted by Crippen LogP contribution is -2.38. The Hall–Kier alpha value is -2.73. The van der Waals surface area contributed by atoms with Crippen molar-refractivity contribution in [3.63, 3.8) is 0 Å². The normalized spacial score (nSPS) is 15.8. The number of hydrogen-bond donors (Lipinski definition) is 1. The zero-order valence-electron chi connectivity index (χ0n) is 16.0. The third kappa shape index (κ3) is 3.78. The van der Waals surface area contributed by atoms with Crippen molar-refractivity contribution in [3.05, 3.63) is 60.2 Å². The van der Waals surface area contributed by atoms with Gasteiger partial charge in [-0.2, -0.15) is 0 Å². The van der Waals surface area contributed by atoms with Crippen LogP contribution in [0.3, 0.4) is 0 Å². The molecular weight excluding hydrogens is 357 g/mol. The van der Waals surface area contributed by atoms with Crippen LogP contribution in [0.15, 0.2) is 48.8 Å². The monoisotopic (exact) mass is 381 g/mol. The zero-order valence-corrected chi connectivity index (χ0v) is 16.0. The van der Waals surface area contributed by atoms with Crippen LogP contribution in [0.4, 0.5) is 4.39 Å².